The molecule has 8 heteroatoms. The summed E-state index contributed by atoms with van der Waals surface area (Å²) in [7, 11) is 0. The van der Waals surface area contributed by atoms with Crippen LogP contribution in [0.15, 0.2) is 16.9 Å². The normalized spacial score (nSPS) is 25.5. The van der Waals surface area contributed by atoms with Gasteiger partial charge in [-0.2, -0.15) is 0 Å². The van der Waals surface area contributed by atoms with Crippen molar-refractivity contribution in [1.82, 2.24) is 0 Å². The second kappa shape index (κ2) is 5.52. The van der Waals surface area contributed by atoms with Gasteiger partial charge < -0.3 is 29.2 Å². The zero-order valence-electron chi connectivity index (χ0n) is 11.7. The predicted octanol–water partition coefficient (Wildman–Crippen LogP) is 1.29. The third-order valence-corrected chi connectivity index (χ3v) is 6.23. The predicted molar refractivity (Wildman–Crippen MR) is 81.5 cm³/mol. The summed E-state index contributed by atoms with van der Waals surface area (Å²) in [6.07, 6.45) is 0. The number of thioether (sulfide) groups is 1. The summed E-state index contributed by atoms with van der Waals surface area (Å²) in [6.45, 7) is 0.711. The molecule has 3 aliphatic heterocycles. The zero-order chi connectivity index (χ0) is 15.2. The van der Waals surface area contributed by atoms with Crippen LogP contribution in [0.3, 0.4) is 0 Å². The van der Waals surface area contributed by atoms with Gasteiger partial charge in [-0.25, -0.2) is 0 Å². The smallest absolute Gasteiger partial charge is 0.188 e. The fraction of sp³-hybridized carbons (Fsp3) is 0.571. The molecule has 1 aromatic heterocycles. The maximum absolute atomic E-state index is 9.44. The highest BCUT2D eigenvalue weighted by Gasteiger charge is 2.44. The van der Waals surface area contributed by atoms with Crippen LogP contribution >= 0.6 is 23.1 Å². The number of rotatable bonds is 3. The minimum atomic E-state index is -1.04. The fourth-order valence-electron chi connectivity index (χ4n) is 2.65. The van der Waals surface area contributed by atoms with Gasteiger partial charge in [0.2, 0.25) is 0 Å². The van der Waals surface area contributed by atoms with Crippen molar-refractivity contribution in [2.24, 2.45) is 0 Å². The van der Waals surface area contributed by atoms with E-state index in [4.69, 9.17) is 18.9 Å². The SMILES string of the molecule is OCC1(CO)COC2=C(CSC2c2scc3c2OCCO3)O1. The summed E-state index contributed by atoms with van der Waals surface area (Å²) in [5.41, 5.74) is -1.04. The number of ether oxygens (including phenoxy) is 4. The van der Waals surface area contributed by atoms with Crippen LogP contribution < -0.4 is 9.47 Å². The molecule has 0 saturated carbocycles. The van der Waals surface area contributed by atoms with Crippen LogP contribution in [-0.4, -0.2) is 54.6 Å². The number of aliphatic hydroxyl groups excluding tert-OH is 2. The summed E-state index contributed by atoms with van der Waals surface area (Å²) in [6, 6.07) is 0. The highest BCUT2D eigenvalue weighted by molar-refractivity contribution is 8.00. The van der Waals surface area contributed by atoms with Crippen LogP contribution in [0.2, 0.25) is 0 Å². The fourth-order valence-corrected chi connectivity index (χ4v) is 5.06. The molecular weight excluding hydrogens is 328 g/mol. The maximum atomic E-state index is 9.44. The standard InChI is InChI=1S/C14H16O6S2/c15-5-14(6-16)7-19-11-9(20-14)4-22-13(11)12-10-8(3-21-12)17-1-2-18-10/h3,13,15-16H,1-2,4-7H2. The van der Waals surface area contributed by atoms with E-state index in [9.17, 15) is 10.2 Å². The van der Waals surface area contributed by atoms with Crippen molar-refractivity contribution in [2.45, 2.75) is 10.9 Å². The molecule has 0 spiro atoms. The summed E-state index contributed by atoms with van der Waals surface area (Å²) < 4.78 is 23.0. The van der Waals surface area contributed by atoms with E-state index in [1.807, 2.05) is 5.38 Å². The molecule has 1 unspecified atom stereocenters. The molecule has 1 atom stereocenters. The average Bonchev–Trinajstić information content (AvgIpc) is 3.17. The van der Waals surface area contributed by atoms with Crippen molar-refractivity contribution in [3.8, 4) is 11.5 Å². The first kappa shape index (κ1) is 14.5. The Morgan fingerprint density at radius 1 is 1.18 bits per heavy atom. The zero-order valence-corrected chi connectivity index (χ0v) is 13.4. The van der Waals surface area contributed by atoms with Gasteiger partial charge in [-0.15, -0.1) is 23.1 Å². The molecule has 120 valence electrons. The molecule has 1 aromatic rings. The molecule has 6 nitrogen and oxygen atoms in total. The lowest BCUT2D eigenvalue weighted by Gasteiger charge is -2.35. The maximum Gasteiger partial charge on any atom is 0.188 e. The largest absolute Gasteiger partial charge is 0.488 e. The first-order valence-corrected chi connectivity index (χ1v) is 8.94. The number of hydrogen-bond donors (Lipinski definition) is 2. The van der Waals surface area contributed by atoms with Gasteiger partial charge in [-0.3, -0.25) is 0 Å². The van der Waals surface area contributed by atoms with Gasteiger partial charge in [0.25, 0.3) is 0 Å². The van der Waals surface area contributed by atoms with Crippen LogP contribution in [0.4, 0.5) is 0 Å². The summed E-state index contributed by atoms with van der Waals surface area (Å²) in [4.78, 5) is 1.06. The van der Waals surface area contributed by atoms with E-state index in [1.54, 1.807) is 23.1 Å². The molecular formula is C14H16O6S2. The van der Waals surface area contributed by atoms with E-state index in [-0.39, 0.29) is 25.1 Å². The van der Waals surface area contributed by atoms with Gasteiger partial charge in [0.05, 0.1) is 23.8 Å². The van der Waals surface area contributed by atoms with E-state index in [1.165, 1.54) is 0 Å². The molecule has 0 radical (unpaired) electrons. The Morgan fingerprint density at radius 3 is 2.82 bits per heavy atom. The van der Waals surface area contributed by atoms with Crippen molar-refractivity contribution in [3.05, 3.63) is 21.8 Å². The molecule has 4 heterocycles. The molecule has 0 bridgehead atoms. The van der Waals surface area contributed by atoms with Crippen LogP contribution in [0, 0.1) is 0 Å². The Kier molecular flexibility index (Phi) is 3.64. The topological polar surface area (TPSA) is 77.4 Å². The molecule has 3 aliphatic rings. The van der Waals surface area contributed by atoms with Crippen LogP contribution in [0.5, 0.6) is 11.5 Å². The quantitative estimate of drug-likeness (QED) is 0.855. The first-order valence-electron chi connectivity index (χ1n) is 7.01. The Balaban J connectivity index is 1.63. The Bertz CT molecular complexity index is 606. The van der Waals surface area contributed by atoms with Gasteiger partial charge in [-0.1, -0.05) is 0 Å². The summed E-state index contributed by atoms with van der Waals surface area (Å²) in [5, 5.41) is 20.9. The number of aliphatic hydroxyl groups is 2. The summed E-state index contributed by atoms with van der Waals surface area (Å²) in [5.74, 6) is 3.70. The molecule has 4 rings (SSSR count). The third-order valence-electron chi connectivity index (χ3n) is 3.87. The average molecular weight is 344 g/mol. The number of hydrogen-bond acceptors (Lipinski definition) is 8. The highest BCUT2D eigenvalue weighted by Crippen LogP contribution is 2.55. The molecule has 0 aromatic carbocycles. The number of thiophene rings is 1. The van der Waals surface area contributed by atoms with Crippen molar-refractivity contribution >= 4 is 23.1 Å². The lowest BCUT2D eigenvalue weighted by Crippen LogP contribution is -2.47. The molecule has 0 aliphatic carbocycles. The van der Waals surface area contributed by atoms with E-state index in [0.29, 0.717) is 24.7 Å². The molecule has 0 amide bonds. The molecule has 0 saturated heterocycles. The van der Waals surface area contributed by atoms with Crippen molar-refractivity contribution in [1.29, 1.82) is 0 Å². The van der Waals surface area contributed by atoms with E-state index in [0.717, 1.165) is 22.1 Å². The minimum absolute atomic E-state index is 0.0147. The molecule has 2 N–H and O–H groups in total. The van der Waals surface area contributed by atoms with Crippen LogP contribution in [0.1, 0.15) is 10.1 Å². The second-order valence-electron chi connectivity index (χ2n) is 5.36. The Labute approximate surface area is 135 Å². The van der Waals surface area contributed by atoms with Gasteiger partial charge in [0.15, 0.2) is 22.9 Å². The molecule has 0 fully saturated rings. The third kappa shape index (κ3) is 2.17. The van der Waals surface area contributed by atoms with E-state index < -0.39 is 5.60 Å². The van der Waals surface area contributed by atoms with Crippen LogP contribution in [0.25, 0.3) is 0 Å². The van der Waals surface area contributed by atoms with Gasteiger partial charge in [-0.05, 0) is 0 Å². The van der Waals surface area contributed by atoms with Crippen molar-refractivity contribution in [3.63, 3.8) is 0 Å². The summed E-state index contributed by atoms with van der Waals surface area (Å²) >= 11 is 3.28. The Morgan fingerprint density at radius 2 is 2.00 bits per heavy atom. The minimum Gasteiger partial charge on any atom is -0.488 e. The van der Waals surface area contributed by atoms with Gasteiger partial charge in [0.1, 0.15) is 30.8 Å². The lowest BCUT2D eigenvalue weighted by atomic mass is 10.1. The van der Waals surface area contributed by atoms with E-state index >= 15 is 0 Å². The van der Waals surface area contributed by atoms with E-state index in [2.05, 4.69) is 0 Å². The van der Waals surface area contributed by atoms with Gasteiger partial charge in [0, 0.05) is 5.38 Å². The number of fused-ring (bicyclic) bond motifs is 1. The second-order valence-corrected chi connectivity index (χ2v) is 7.36. The van der Waals surface area contributed by atoms with Crippen molar-refractivity contribution in [2.75, 3.05) is 38.8 Å². The van der Waals surface area contributed by atoms with Gasteiger partial charge >= 0.3 is 0 Å². The van der Waals surface area contributed by atoms with Crippen LogP contribution in [-0.2, 0) is 9.47 Å². The van der Waals surface area contributed by atoms with Crippen molar-refractivity contribution < 1.29 is 29.2 Å². The monoisotopic (exact) mass is 344 g/mol. The highest BCUT2D eigenvalue weighted by atomic mass is 32.2. The Hall–Kier alpha value is -1.09. The lowest BCUT2D eigenvalue weighted by molar-refractivity contribution is -0.134. The first-order chi connectivity index (χ1) is 10.8. The molecule has 22 heavy (non-hydrogen) atoms.